The molecule has 1 aliphatic rings. The SMILES string of the molecule is CC1OCCC1CNC(=O)c1ccccc1NN. The average molecular weight is 249 g/mol. The van der Waals surface area contributed by atoms with Crippen LogP contribution in [0.1, 0.15) is 23.7 Å². The van der Waals surface area contributed by atoms with Crippen molar-refractivity contribution >= 4 is 11.6 Å². The molecule has 1 aliphatic heterocycles. The van der Waals surface area contributed by atoms with Crippen LogP contribution in [0.25, 0.3) is 0 Å². The van der Waals surface area contributed by atoms with Crippen molar-refractivity contribution in [3.63, 3.8) is 0 Å². The Balaban J connectivity index is 1.95. The number of hydrogen-bond donors (Lipinski definition) is 3. The molecule has 5 nitrogen and oxygen atoms in total. The zero-order chi connectivity index (χ0) is 13.0. The number of carbonyl (C=O) groups is 1. The number of nitrogen functional groups attached to an aromatic ring is 1. The van der Waals surface area contributed by atoms with E-state index in [-0.39, 0.29) is 12.0 Å². The number of hydrogen-bond acceptors (Lipinski definition) is 4. The fourth-order valence-corrected chi connectivity index (χ4v) is 2.17. The van der Waals surface area contributed by atoms with E-state index in [0.29, 0.717) is 23.7 Å². The van der Waals surface area contributed by atoms with E-state index in [1.54, 1.807) is 12.1 Å². The topological polar surface area (TPSA) is 76.4 Å². The van der Waals surface area contributed by atoms with E-state index in [1.165, 1.54) is 0 Å². The van der Waals surface area contributed by atoms with Gasteiger partial charge in [0.15, 0.2) is 0 Å². The molecule has 2 atom stereocenters. The lowest BCUT2D eigenvalue weighted by atomic mass is 10.0. The summed E-state index contributed by atoms with van der Waals surface area (Å²) in [5, 5.41) is 2.93. The van der Waals surface area contributed by atoms with Crippen molar-refractivity contribution in [2.24, 2.45) is 11.8 Å². The molecule has 0 spiro atoms. The first-order valence-electron chi connectivity index (χ1n) is 6.18. The summed E-state index contributed by atoms with van der Waals surface area (Å²) in [5.41, 5.74) is 3.72. The fraction of sp³-hybridized carbons (Fsp3) is 0.462. The zero-order valence-electron chi connectivity index (χ0n) is 10.5. The third-order valence-electron chi connectivity index (χ3n) is 3.39. The van der Waals surface area contributed by atoms with Crippen LogP contribution < -0.4 is 16.6 Å². The largest absolute Gasteiger partial charge is 0.378 e. The first-order chi connectivity index (χ1) is 8.72. The third kappa shape index (κ3) is 2.80. The van der Waals surface area contributed by atoms with Gasteiger partial charge < -0.3 is 15.5 Å². The summed E-state index contributed by atoms with van der Waals surface area (Å²) in [6.07, 6.45) is 1.21. The molecule has 0 radical (unpaired) electrons. The van der Waals surface area contributed by atoms with Crippen LogP contribution in [0.15, 0.2) is 24.3 Å². The van der Waals surface area contributed by atoms with Crippen LogP contribution in [0.3, 0.4) is 0 Å². The Hall–Kier alpha value is -1.59. The highest BCUT2D eigenvalue weighted by molar-refractivity contribution is 5.99. The minimum absolute atomic E-state index is 0.109. The minimum atomic E-state index is -0.109. The fourth-order valence-electron chi connectivity index (χ4n) is 2.17. The number of ether oxygens (including phenoxy) is 1. The normalized spacial score (nSPS) is 22.8. The molecule has 1 aromatic rings. The van der Waals surface area contributed by atoms with E-state index < -0.39 is 0 Å². The van der Waals surface area contributed by atoms with E-state index in [2.05, 4.69) is 10.7 Å². The Morgan fingerprint density at radius 2 is 2.28 bits per heavy atom. The smallest absolute Gasteiger partial charge is 0.253 e. The van der Waals surface area contributed by atoms with E-state index in [4.69, 9.17) is 10.6 Å². The van der Waals surface area contributed by atoms with Crippen LogP contribution in [0.4, 0.5) is 5.69 Å². The molecule has 2 unspecified atom stereocenters. The maximum atomic E-state index is 12.0. The van der Waals surface area contributed by atoms with Crippen LogP contribution in [0.5, 0.6) is 0 Å². The number of anilines is 1. The Bertz CT molecular complexity index is 422. The van der Waals surface area contributed by atoms with Gasteiger partial charge in [0.2, 0.25) is 0 Å². The van der Waals surface area contributed by atoms with Gasteiger partial charge in [-0.3, -0.25) is 10.6 Å². The molecule has 1 saturated heterocycles. The van der Waals surface area contributed by atoms with Crippen molar-refractivity contribution in [3.8, 4) is 0 Å². The first-order valence-corrected chi connectivity index (χ1v) is 6.18. The highest BCUT2D eigenvalue weighted by Crippen LogP contribution is 2.20. The van der Waals surface area contributed by atoms with Crippen LogP contribution in [-0.2, 0) is 4.74 Å². The number of rotatable bonds is 4. The summed E-state index contributed by atoms with van der Waals surface area (Å²) >= 11 is 0. The van der Waals surface area contributed by atoms with Gasteiger partial charge in [0.1, 0.15) is 0 Å². The molecule has 0 aromatic heterocycles. The lowest BCUT2D eigenvalue weighted by Crippen LogP contribution is -2.32. The molecule has 98 valence electrons. The molecule has 2 rings (SSSR count). The molecule has 0 aliphatic carbocycles. The number of nitrogens with one attached hydrogen (secondary N) is 2. The summed E-state index contributed by atoms with van der Waals surface area (Å²) in [6, 6.07) is 7.17. The number of para-hydroxylation sites is 1. The predicted octanol–water partition coefficient (Wildman–Crippen LogP) is 1.13. The van der Waals surface area contributed by atoms with Crippen molar-refractivity contribution in [2.45, 2.75) is 19.4 Å². The second kappa shape index (κ2) is 5.84. The Morgan fingerprint density at radius 3 is 2.94 bits per heavy atom. The highest BCUT2D eigenvalue weighted by Gasteiger charge is 2.24. The van der Waals surface area contributed by atoms with Gasteiger partial charge in [0, 0.05) is 19.1 Å². The maximum absolute atomic E-state index is 12.0. The van der Waals surface area contributed by atoms with Crippen LogP contribution in [0, 0.1) is 5.92 Å². The molecule has 0 bridgehead atoms. The molecule has 0 saturated carbocycles. The van der Waals surface area contributed by atoms with E-state index >= 15 is 0 Å². The van der Waals surface area contributed by atoms with Crippen molar-refractivity contribution in [1.29, 1.82) is 0 Å². The lowest BCUT2D eigenvalue weighted by molar-refractivity contribution is 0.0908. The molecule has 1 amide bonds. The van der Waals surface area contributed by atoms with Gasteiger partial charge in [-0.25, -0.2) is 0 Å². The molecule has 4 N–H and O–H groups in total. The van der Waals surface area contributed by atoms with Gasteiger partial charge in [0.05, 0.1) is 17.4 Å². The molecule has 18 heavy (non-hydrogen) atoms. The van der Waals surface area contributed by atoms with Crippen molar-refractivity contribution in [1.82, 2.24) is 5.32 Å². The van der Waals surface area contributed by atoms with Crippen LogP contribution in [0.2, 0.25) is 0 Å². The van der Waals surface area contributed by atoms with Gasteiger partial charge >= 0.3 is 0 Å². The molecule has 1 heterocycles. The molecule has 1 aromatic carbocycles. The third-order valence-corrected chi connectivity index (χ3v) is 3.39. The average Bonchev–Trinajstić information content (AvgIpc) is 2.81. The second-order valence-electron chi connectivity index (χ2n) is 4.52. The van der Waals surface area contributed by atoms with Gasteiger partial charge in [-0.2, -0.15) is 0 Å². The van der Waals surface area contributed by atoms with Crippen LogP contribution >= 0.6 is 0 Å². The standard InChI is InChI=1S/C13H19N3O2/c1-9-10(6-7-18-9)8-15-13(17)11-4-2-3-5-12(11)16-14/h2-5,9-10,16H,6-8,14H2,1H3,(H,15,17). The lowest BCUT2D eigenvalue weighted by Gasteiger charge is -2.15. The summed E-state index contributed by atoms with van der Waals surface area (Å²) < 4.78 is 5.46. The second-order valence-corrected chi connectivity index (χ2v) is 4.52. The van der Waals surface area contributed by atoms with Crippen molar-refractivity contribution in [2.75, 3.05) is 18.6 Å². The molecular weight excluding hydrogens is 230 g/mol. The Labute approximate surface area is 107 Å². The van der Waals surface area contributed by atoms with Gasteiger partial charge in [-0.15, -0.1) is 0 Å². The van der Waals surface area contributed by atoms with Gasteiger partial charge in [0.25, 0.3) is 5.91 Å². The van der Waals surface area contributed by atoms with E-state index in [1.807, 2.05) is 19.1 Å². The number of benzene rings is 1. The van der Waals surface area contributed by atoms with Crippen LogP contribution in [-0.4, -0.2) is 25.2 Å². The summed E-state index contributed by atoms with van der Waals surface area (Å²) in [7, 11) is 0. The first kappa shape index (κ1) is 12.9. The molecular formula is C13H19N3O2. The molecule has 5 heteroatoms. The summed E-state index contributed by atoms with van der Waals surface area (Å²) in [4.78, 5) is 12.0. The maximum Gasteiger partial charge on any atom is 0.253 e. The van der Waals surface area contributed by atoms with E-state index in [9.17, 15) is 4.79 Å². The molecule has 1 fully saturated rings. The number of carbonyl (C=O) groups excluding carboxylic acids is 1. The van der Waals surface area contributed by atoms with Gasteiger partial charge in [-0.05, 0) is 25.5 Å². The zero-order valence-corrected chi connectivity index (χ0v) is 10.5. The van der Waals surface area contributed by atoms with Gasteiger partial charge in [-0.1, -0.05) is 12.1 Å². The summed E-state index contributed by atoms with van der Waals surface area (Å²) in [5.74, 6) is 5.67. The Morgan fingerprint density at radius 1 is 1.50 bits per heavy atom. The highest BCUT2D eigenvalue weighted by atomic mass is 16.5. The number of hydrazine groups is 1. The predicted molar refractivity (Wildman–Crippen MR) is 70.1 cm³/mol. The monoisotopic (exact) mass is 249 g/mol. The van der Waals surface area contributed by atoms with E-state index in [0.717, 1.165) is 13.0 Å². The van der Waals surface area contributed by atoms with Crippen molar-refractivity contribution < 1.29 is 9.53 Å². The number of nitrogens with two attached hydrogens (primary N) is 1. The quantitative estimate of drug-likeness (QED) is 0.552. The van der Waals surface area contributed by atoms with Crippen molar-refractivity contribution in [3.05, 3.63) is 29.8 Å². The Kier molecular flexibility index (Phi) is 4.17. The minimum Gasteiger partial charge on any atom is -0.378 e. The summed E-state index contributed by atoms with van der Waals surface area (Å²) in [6.45, 7) is 3.46. The number of amides is 1.